The van der Waals surface area contributed by atoms with Crippen LogP contribution in [-0.2, 0) is 19.4 Å². The number of nitrogens with one attached hydrogen (secondary N) is 1. The van der Waals surface area contributed by atoms with E-state index in [2.05, 4.69) is 59.0 Å². The molecule has 6 heteroatoms. The average molecular weight is 511 g/mol. The van der Waals surface area contributed by atoms with Crippen LogP contribution in [0, 0.1) is 13.8 Å². The highest BCUT2D eigenvalue weighted by Gasteiger charge is 2.25. The van der Waals surface area contributed by atoms with Crippen LogP contribution in [0.5, 0.6) is 0 Å². The summed E-state index contributed by atoms with van der Waals surface area (Å²) in [5.41, 5.74) is 8.71. The molecule has 1 aliphatic rings. The van der Waals surface area contributed by atoms with E-state index >= 15 is 0 Å². The van der Waals surface area contributed by atoms with E-state index in [0.717, 1.165) is 58.0 Å². The molecular weight excluding hydrogens is 476 g/mol. The van der Waals surface area contributed by atoms with Crippen molar-refractivity contribution in [1.82, 2.24) is 9.88 Å². The molecule has 0 atom stereocenters. The lowest BCUT2D eigenvalue weighted by atomic mass is 9.95. The van der Waals surface area contributed by atoms with Crippen molar-refractivity contribution in [1.29, 1.82) is 0 Å². The van der Waals surface area contributed by atoms with Gasteiger partial charge in [0.1, 0.15) is 5.00 Å². The molecule has 5 nitrogen and oxygen atoms in total. The Labute approximate surface area is 223 Å². The lowest BCUT2D eigenvalue weighted by Gasteiger charge is -2.14. The van der Waals surface area contributed by atoms with Crippen molar-refractivity contribution in [2.75, 3.05) is 19.0 Å². The molecule has 0 bridgehead atoms. The van der Waals surface area contributed by atoms with Crippen molar-refractivity contribution in [2.45, 2.75) is 46.1 Å². The van der Waals surface area contributed by atoms with Gasteiger partial charge in [-0.2, -0.15) is 0 Å². The third kappa shape index (κ3) is 5.25. The Balaban J connectivity index is 1.43. The maximum Gasteiger partial charge on any atom is 0.254 e. The van der Waals surface area contributed by atoms with Gasteiger partial charge in [0, 0.05) is 60.1 Å². The normalized spacial score (nSPS) is 13.1. The van der Waals surface area contributed by atoms with Crippen LogP contribution in [0.4, 0.5) is 10.7 Å². The maximum atomic E-state index is 13.4. The van der Waals surface area contributed by atoms with E-state index in [-0.39, 0.29) is 5.91 Å². The number of hydrogen-bond acceptors (Lipinski definition) is 4. The first-order valence-electron chi connectivity index (χ1n) is 12.9. The molecule has 0 fully saturated rings. The van der Waals surface area contributed by atoms with E-state index in [0.29, 0.717) is 6.54 Å². The Morgan fingerprint density at radius 3 is 2.51 bits per heavy atom. The topological polar surface area (TPSA) is 49.6 Å². The molecule has 0 spiro atoms. The van der Waals surface area contributed by atoms with Gasteiger partial charge in [0.2, 0.25) is 0 Å². The van der Waals surface area contributed by atoms with Gasteiger partial charge in [0.25, 0.3) is 5.91 Å². The number of rotatable bonds is 7. The van der Waals surface area contributed by atoms with Gasteiger partial charge in [0.15, 0.2) is 0 Å². The molecule has 0 aliphatic heterocycles. The van der Waals surface area contributed by atoms with Gasteiger partial charge in [0.05, 0.1) is 5.56 Å². The number of aromatic nitrogens is 1. The van der Waals surface area contributed by atoms with Crippen molar-refractivity contribution in [2.24, 2.45) is 4.99 Å². The summed E-state index contributed by atoms with van der Waals surface area (Å²) in [6.07, 6.45) is 6.21. The van der Waals surface area contributed by atoms with E-state index in [9.17, 15) is 4.79 Å². The highest BCUT2D eigenvalue weighted by Crippen LogP contribution is 2.40. The van der Waals surface area contributed by atoms with Gasteiger partial charge in [-0.1, -0.05) is 30.3 Å². The van der Waals surface area contributed by atoms with Crippen LogP contribution in [0.2, 0.25) is 0 Å². The van der Waals surface area contributed by atoms with E-state index in [4.69, 9.17) is 4.99 Å². The van der Waals surface area contributed by atoms with Gasteiger partial charge in [-0.05, 0) is 81.0 Å². The van der Waals surface area contributed by atoms with Crippen molar-refractivity contribution < 1.29 is 4.79 Å². The fourth-order valence-electron chi connectivity index (χ4n) is 5.09. The first kappa shape index (κ1) is 25.0. The number of anilines is 1. The van der Waals surface area contributed by atoms with Crippen molar-refractivity contribution in [3.05, 3.63) is 99.2 Å². The maximum absolute atomic E-state index is 13.4. The van der Waals surface area contributed by atoms with Crippen LogP contribution in [0.25, 0.3) is 5.69 Å². The molecule has 2 heterocycles. The van der Waals surface area contributed by atoms with Crippen LogP contribution < -0.4 is 10.2 Å². The summed E-state index contributed by atoms with van der Waals surface area (Å²) in [4.78, 5) is 21.7. The van der Waals surface area contributed by atoms with Gasteiger partial charge in [-0.25, -0.2) is 4.99 Å². The summed E-state index contributed by atoms with van der Waals surface area (Å²) >= 11 is 1.68. The fourth-order valence-corrected chi connectivity index (χ4v) is 6.32. The molecule has 2 aromatic carbocycles. The first-order chi connectivity index (χ1) is 17.9. The minimum atomic E-state index is -0.0261. The number of amides is 1. The quantitative estimate of drug-likeness (QED) is 0.279. The Kier molecular flexibility index (Phi) is 7.28. The van der Waals surface area contributed by atoms with Gasteiger partial charge >= 0.3 is 0 Å². The van der Waals surface area contributed by atoms with Crippen LogP contribution in [0.1, 0.15) is 56.2 Å². The molecule has 4 aromatic rings. The molecule has 0 unspecified atom stereocenters. The minimum Gasteiger partial charge on any atom is -0.378 e. The van der Waals surface area contributed by atoms with E-state index in [1.807, 2.05) is 50.6 Å². The Morgan fingerprint density at radius 2 is 1.78 bits per heavy atom. The van der Waals surface area contributed by atoms with Crippen molar-refractivity contribution in [3.8, 4) is 5.69 Å². The van der Waals surface area contributed by atoms with Crippen molar-refractivity contribution >= 4 is 34.1 Å². The predicted molar refractivity (Wildman–Crippen MR) is 155 cm³/mol. The molecule has 5 rings (SSSR count). The van der Waals surface area contributed by atoms with E-state index < -0.39 is 0 Å². The summed E-state index contributed by atoms with van der Waals surface area (Å²) in [5.74, 6) is -0.0261. The number of benzene rings is 2. The molecule has 2 aromatic heterocycles. The molecule has 0 saturated heterocycles. The second-order valence-corrected chi connectivity index (χ2v) is 11.0. The second-order valence-electron chi connectivity index (χ2n) is 9.89. The summed E-state index contributed by atoms with van der Waals surface area (Å²) < 4.78 is 2.26. The average Bonchev–Trinajstić information content (AvgIpc) is 3.42. The Bertz CT molecular complexity index is 1430. The highest BCUT2D eigenvalue weighted by molar-refractivity contribution is 7.16. The molecule has 1 N–H and O–H groups in total. The van der Waals surface area contributed by atoms with Crippen LogP contribution >= 0.6 is 11.3 Å². The number of fused-ring (bicyclic) bond motifs is 1. The highest BCUT2D eigenvalue weighted by atomic mass is 32.1. The standard InChI is InChI=1S/C31H34N4OS/c1-21-18-24(22(2)35(21)26-16-14-25(15-17-26)34(3)4)20-33-31-29(27-12-8-9-13-28(27)37-31)30(36)32-19-23-10-6-5-7-11-23/h5-7,10-11,14-18,20H,8-9,12-13,19H2,1-4H3,(H,32,36). The number of carbonyl (C=O) groups excluding carboxylic acids is 1. The van der Waals surface area contributed by atoms with Crippen LogP contribution in [0.15, 0.2) is 65.7 Å². The zero-order valence-corrected chi connectivity index (χ0v) is 22.9. The first-order valence-corrected chi connectivity index (χ1v) is 13.7. The number of thiophene rings is 1. The van der Waals surface area contributed by atoms with Crippen LogP contribution in [0.3, 0.4) is 0 Å². The smallest absolute Gasteiger partial charge is 0.254 e. The molecule has 37 heavy (non-hydrogen) atoms. The third-order valence-corrected chi connectivity index (χ3v) is 8.29. The number of aliphatic imine (C=N–C) groups is 1. The molecule has 190 valence electrons. The lowest BCUT2D eigenvalue weighted by Crippen LogP contribution is -2.24. The second kappa shape index (κ2) is 10.8. The minimum absolute atomic E-state index is 0.0261. The number of hydrogen-bond donors (Lipinski definition) is 1. The molecule has 1 amide bonds. The zero-order chi connectivity index (χ0) is 25.9. The number of aryl methyl sites for hydroxylation is 2. The van der Waals surface area contributed by atoms with Crippen molar-refractivity contribution in [3.63, 3.8) is 0 Å². The largest absolute Gasteiger partial charge is 0.378 e. The molecule has 0 radical (unpaired) electrons. The number of carbonyl (C=O) groups is 1. The van der Waals surface area contributed by atoms with Gasteiger partial charge < -0.3 is 14.8 Å². The fraction of sp³-hybridized carbons (Fsp3) is 0.290. The van der Waals surface area contributed by atoms with Gasteiger partial charge in [-0.15, -0.1) is 11.3 Å². The zero-order valence-electron chi connectivity index (χ0n) is 22.0. The molecular formula is C31H34N4OS. The monoisotopic (exact) mass is 510 g/mol. The summed E-state index contributed by atoms with van der Waals surface area (Å²) in [5, 5.41) is 3.95. The summed E-state index contributed by atoms with van der Waals surface area (Å²) in [6, 6.07) is 20.8. The van der Waals surface area contributed by atoms with Gasteiger partial charge in [-0.3, -0.25) is 4.79 Å². The number of nitrogens with zero attached hydrogens (tertiary/aromatic N) is 3. The van der Waals surface area contributed by atoms with E-state index in [1.54, 1.807) is 11.3 Å². The molecule has 1 aliphatic carbocycles. The lowest BCUT2D eigenvalue weighted by molar-refractivity contribution is 0.0951. The third-order valence-electron chi connectivity index (χ3n) is 7.09. The Hall–Kier alpha value is -3.64. The SMILES string of the molecule is Cc1cc(C=Nc2sc3c(c2C(=O)NCc2ccccc2)CCCC3)c(C)n1-c1ccc(N(C)C)cc1. The summed E-state index contributed by atoms with van der Waals surface area (Å²) in [7, 11) is 4.10. The predicted octanol–water partition coefficient (Wildman–Crippen LogP) is 6.78. The molecule has 0 saturated carbocycles. The summed E-state index contributed by atoms with van der Waals surface area (Å²) in [6.45, 7) is 4.76. The Morgan fingerprint density at radius 1 is 1.05 bits per heavy atom. The van der Waals surface area contributed by atoms with Crippen LogP contribution in [-0.4, -0.2) is 30.8 Å². The van der Waals surface area contributed by atoms with E-state index in [1.165, 1.54) is 22.5 Å².